The minimum atomic E-state index is -0.930. The van der Waals surface area contributed by atoms with E-state index in [0.29, 0.717) is 24.2 Å². The summed E-state index contributed by atoms with van der Waals surface area (Å²) in [5.74, 6) is -0.785. The van der Waals surface area contributed by atoms with Crippen LogP contribution in [-0.2, 0) is 14.4 Å². The summed E-state index contributed by atoms with van der Waals surface area (Å²) < 4.78 is 0. The zero-order chi connectivity index (χ0) is 20.5. The van der Waals surface area contributed by atoms with Crippen LogP contribution in [-0.4, -0.2) is 40.7 Å². The standard InChI is InChI=1S/C20H26N4O4/c1-4-20(5-2)18(27)24(19(28)23-20)11-16(25)22-15-10-14(9-6-12(15)3)21-17(26)13-7-8-13/h6,9-10,13H,4-5,7-8,11H2,1-3H3,(H,21,26)(H,22,25)(H,23,28). The Bertz CT molecular complexity index is 827. The SMILES string of the molecule is CCC1(CC)NC(=O)N(CC(=O)Nc2cc(NC(=O)C3CC3)ccc2C)C1=O. The molecule has 0 bridgehead atoms. The zero-order valence-electron chi connectivity index (χ0n) is 16.4. The van der Waals surface area contributed by atoms with Gasteiger partial charge in [-0.1, -0.05) is 19.9 Å². The first-order valence-corrected chi connectivity index (χ1v) is 9.65. The molecule has 1 aliphatic carbocycles. The summed E-state index contributed by atoms with van der Waals surface area (Å²) in [7, 11) is 0. The molecule has 0 spiro atoms. The van der Waals surface area contributed by atoms with E-state index in [9.17, 15) is 19.2 Å². The first-order valence-electron chi connectivity index (χ1n) is 9.65. The van der Waals surface area contributed by atoms with Gasteiger partial charge in [0.2, 0.25) is 11.8 Å². The van der Waals surface area contributed by atoms with Crippen LogP contribution in [0.4, 0.5) is 16.2 Å². The summed E-state index contributed by atoms with van der Waals surface area (Å²) >= 11 is 0. The molecule has 0 radical (unpaired) electrons. The van der Waals surface area contributed by atoms with Crippen molar-refractivity contribution in [3.63, 3.8) is 0 Å². The molecule has 150 valence electrons. The van der Waals surface area contributed by atoms with Crippen LogP contribution < -0.4 is 16.0 Å². The number of aryl methyl sites for hydroxylation is 1. The van der Waals surface area contributed by atoms with Crippen LogP contribution in [0.2, 0.25) is 0 Å². The van der Waals surface area contributed by atoms with Crippen molar-refractivity contribution in [3.05, 3.63) is 23.8 Å². The van der Waals surface area contributed by atoms with Crippen molar-refractivity contribution in [1.82, 2.24) is 10.2 Å². The molecule has 8 heteroatoms. The molecule has 0 unspecified atom stereocenters. The number of benzene rings is 1. The van der Waals surface area contributed by atoms with E-state index in [2.05, 4.69) is 16.0 Å². The van der Waals surface area contributed by atoms with Gasteiger partial charge in [0, 0.05) is 17.3 Å². The van der Waals surface area contributed by atoms with Crippen molar-refractivity contribution in [2.24, 2.45) is 5.92 Å². The Balaban J connectivity index is 1.67. The smallest absolute Gasteiger partial charge is 0.325 e. The second-order valence-corrected chi connectivity index (χ2v) is 7.45. The number of nitrogens with one attached hydrogen (secondary N) is 3. The third-order valence-corrected chi connectivity index (χ3v) is 5.48. The van der Waals surface area contributed by atoms with Gasteiger partial charge in [0.1, 0.15) is 12.1 Å². The number of carbonyl (C=O) groups is 4. The van der Waals surface area contributed by atoms with Gasteiger partial charge in [-0.2, -0.15) is 0 Å². The predicted octanol–water partition coefficient (Wildman–Crippen LogP) is 2.39. The molecule has 1 aliphatic heterocycles. The van der Waals surface area contributed by atoms with E-state index in [1.54, 1.807) is 18.2 Å². The Hall–Kier alpha value is -2.90. The highest BCUT2D eigenvalue weighted by Gasteiger charge is 2.49. The molecule has 3 rings (SSSR count). The molecule has 3 N–H and O–H groups in total. The molecule has 5 amide bonds. The van der Waals surface area contributed by atoms with Gasteiger partial charge in [-0.25, -0.2) is 4.79 Å². The molecular weight excluding hydrogens is 360 g/mol. The van der Waals surface area contributed by atoms with Gasteiger partial charge in [-0.3, -0.25) is 19.3 Å². The Morgan fingerprint density at radius 1 is 1.18 bits per heavy atom. The number of hydrogen-bond acceptors (Lipinski definition) is 4. The summed E-state index contributed by atoms with van der Waals surface area (Å²) in [5, 5.41) is 8.28. The third kappa shape index (κ3) is 3.85. The van der Waals surface area contributed by atoms with Crippen molar-refractivity contribution in [2.75, 3.05) is 17.2 Å². The van der Waals surface area contributed by atoms with Gasteiger partial charge < -0.3 is 16.0 Å². The van der Waals surface area contributed by atoms with E-state index in [1.165, 1.54) is 0 Å². The van der Waals surface area contributed by atoms with Crippen LogP contribution >= 0.6 is 0 Å². The minimum Gasteiger partial charge on any atom is -0.326 e. The normalized spacial score (nSPS) is 18.0. The molecule has 0 atom stereocenters. The molecule has 28 heavy (non-hydrogen) atoms. The van der Waals surface area contributed by atoms with E-state index in [-0.39, 0.29) is 24.3 Å². The number of hydrogen-bond donors (Lipinski definition) is 3. The van der Waals surface area contributed by atoms with Crippen LogP contribution in [0.3, 0.4) is 0 Å². The molecule has 2 fully saturated rings. The van der Waals surface area contributed by atoms with Gasteiger partial charge in [-0.05, 0) is 50.3 Å². The maximum Gasteiger partial charge on any atom is 0.325 e. The Kier molecular flexibility index (Phi) is 5.40. The predicted molar refractivity (Wildman–Crippen MR) is 105 cm³/mol. The summed E-state index contributed by atoms with van der Waals surface area (Å²) in [5.41, 5.74) is 1.01. The summed E-state index contributed by atoms with van der Waals surface area (Å²) in [6.45, 7) is 5.13. The van der Waals surface area contributed by atoms with Crippen molar-refractivity contribution in [3.8, 4) is 0 Å². The summed E-state index contributed by atoms with van der Waals surface area (Å²) in [4.78, 5) is 50.2. The number of rotatable bonds is 7. The average molecular weight is 386 g/mol. The van der Waals surface area contributed by atoms with Gasteiger partial charge in [0.25, 0.3) is 5.91 Å². The molecule has 2 aliphatic rings. The lowest BCUT2D eigenvalue weighted by atomic mass is 9.93. The zero-order valence-corrected chi connectivity index (χ0v) is 16.4. The van der Waals surface area contributed by atoms with Gasteiger partial charge in [0.05, 0.1) is 0 Å². The fourth-order valence-corrected chi connectivity index (χ4v) is 3.31. The lowest BCUT2D eigenvalue weighted by Crippen LogP contribution is -2.46. The van der Waals surface area contributed by atoms with E-state index in [4.69, 9.17) is 0 Å². The third-order valence-electron chi connectivity index (χ3n) is 5.48. The van der Waals surface area contributed by atoms with E-state index >= 15 is 0 Å². The summed E-state index contributed by atoms with van der Waals surface area (Å²) in [6, 6.07) is 4.71. The van der Waals surface area contributed by atoms with Crippen LogP contribution in [0, 0.1) is 12.8 Å². The number of amides is 5. The van der Waals surface area contributed by atoms with Crippen LogP contribution in [0.1, 0.15) is 45.1 Å². The van der Waals surface area contributed by atoms with Crippen LogP contribution in [0.15, 0.2) is 18.2 Å². The maximum atomic E-state index is 12.6. The highest BCUT2D eigenvalue weighted by atomic mass is 16.2. The Labute approximate surface area is 164 Å². The van der Waals surface area contributed by atoms with Gasteiger partial charge in [0.15, 0.2) is 0 Å². The maximum absolute atomic E-state index is 12.6. The Morgan fingerprint density at radius 3 is 2.43 bits per heavy atom. The fraction of sp³-hybridized carbons (Fsp3) is 0.500. The topological polar surface area (TPSA) is 108 Å². The number of imide groups is 1. The largest absolute Gasteiger partial charge is 0.326 e. The first kappa shape index (κ1) is 19.9. The molecule has 1 saturated carbocycles. The fourth-order valence-electron chi connectivity index (χ4n) is 3.31. The average Bonchev–Trinajstić information content (AvgIpc) is 3.48. The molecule has 1 aromatic rings. The van der Waals surface area contributed by atoms with E-state index in [0.717, 1.165) is 23.3 Å². The van der Waals surface area contributed by atoms with E-state index in [1.807, 2.05) is 20.8 Å². The van der Waals surface area contributed by atoms with Crippen molar-refractivity contribution >= 4 is 35.1 Å². The van der Waals surface area contributed by atoms with Crippen LogP contribution in [0.25, 0.3) is 0 Å². The molecule has 1 heterocycles. The minimum absolute atomic E-state index is 0.0177. The van der Waals surface area contributed by atoms with E-state index < -0.39 is 17.5 Å². The molecule has 0 aromatic heterocycles. The summed E-state index contributed by atoms with van der Waals surface area (Å²) in [6.07, 6.45) is 2.75. The number of carbonyl (C=O) groups excluding carboxylic acids is 4. The lowest BCUT2D eigenvalue weighted by Gasteiger charge is -2.23. The van der Waals surface area contributed by atoms with Crippen molar-refractivity contribution in [1.29, 1.82) is 0 Å². The number of urea groups is 1. The molecule has 1 saturated heterocycles. The lowest BCUT2D eigenvalue weighted by molar-refractivity contribution is -0.134. The van der Waals surface area contributed by atoms with Crippen LogP contribution in [0.5, 0.6) is 0 Å². The molecule has 1 aromatic carbocycles. The number of anilines is 2. The highest BCUT2D eigenvalue weighted by molar-refractivity contribution is 6.10. The second-order valence-electron chi connectivity index (χ2n) is 7.45. The second kappa shape index (κ2) is 7.61. The van der Waals surface area contributed by atoms with Gasteiger partial charge >= 0.3 is 6.03 Å². The monoisotopic (exact) mass is 386 g/mol. The van der Waals surface area contributed by atoms with Crippen molar-refractivity contribution < 1.29 is 19.2 Å². The first-order chi connectivity index (χ1) is 13.3. The highest BCUT2D eigenvalue weighted by Crippen LogP contribution is 2.31. The number of nitrogens with zero attached hydrogens (tertiary/aromatic N) is 1. The Morgan fingerprint density at radius 2 is 1.86 bits per heavy atom. The van der Waals surface area contributed by atoms with Crippen molar-refractivity contribution in [2.45, 2.75) is 52.0 Å². The molecule has 8 nitrogen and oxygen atoms in total. The molecular formula is C20H26N4O4. The van der Waals surface area contributed by atoms with Gasteiger partial charge in [-0.15, -0.1) is 0 Å². The quantitative estimate of drug-likeness (QED) is 0.625.